The topological polar surface area (TPSA) is 87.5 Å². The van der Waals surface area contributed by atoms with Crippen molar-refractivity contribution in [2.75, 3.05) is 19.1 Å². The van der Waals surface area contributed by atoms with Crippen molar-refractivity contribution in [3.63, 3.8) is 0 Å². The van der Waals surface area contributed by atoms with Gasteiger partial charge in [0, 0.05) is 33.5 Å². The molecule has 0 saturated heterocycles. The largest absolute Gasteiger partial charge is 0.328 e. The van der Waals surface area contributed by atoms with E-state index in [1.54, 1.807) is 23.2 Å². The van der Waals surface area contributed by atoms with Gasteiger partial charge in [-0.3, -0.25) is 15.2 Å². The van der Waals surface area contributed by atoms with Crippen LogP contribution in [-0.4, -0.2) is 42.3 Å². The van der Waals surface area contributed by atoms with Crippen molar-refractivity contribution in [3.8, 4) is 0 Å². The van der Waals surface area contributed by atoms with E-state index in [1.807, 2.05) is 72.2 Å². The number of sulfonamides is 1. The van der Waals surface area contributed by atoms with Gasteiger partial charge in [0.25, 0.3) is 0 Å². The fourth-order valence-electron chi connectivity index (χ4n) is 3.91. The molecular weight excluding hydrogens is 462 g/mol. The van der Waals surface area contributed by atoms with Crippen LogP contribution in [0.2, 0.25) is 0 Å². The maximum absolute atomic E-state index is 13.0. The number of aromatic nitrogens is 2. The van der Waals surface area contributed by atoms with Crippen LogP contribution in [0.3, 0.4) is 0 Å². The number of amides is 1. The predicted octanol–water partition coefficient (Wildman–Crippen LogP) is 4.11. The summed E-state index contributed by atoms with van der Waals surface area (Å²) in [6.45, 7) is 2.66. The summed E-state index contributed by atoms with van der Waals surface area (Å²) < 4.78 is 28.2. The van der Waals surface area contributed by atoms with E-state index in [9.17, 15) is 13.2 Å². The Labute approximate surface area is 205 Å². The van der Waals surface area contributed by atoms with Crippen molar-refractivity contribution in [3.05, 3.63) is 84.7 Å². The summed E-state index contributed by atoms with van der Waals surface area (Å²) in [6.07, 6.45) is 0.643. The standard InChI is InChI=1S/C26H29N5O3S/c1-4-30-24-16-15-22(35(33,34)29(2)3)19-23(24)27-25(30)17-18-26(32)28-31(20-11-7-5-8-12-20)21-13-9-6-10-14-21/h5-16,19H,4,17-18H2,1-3H3,(H,28,32). The monoisotopic (exact) mass is 491 g/mol. The van der Waals surface area contributed by atoms with Gasteiger partial charge in [-0.05, 0) is 49.4 Å². The van der Waals surface area contributed by atoms with E-state index < -0.39 is 10.0 Å². The number of benzene rings is 3. The van der Waals surface area contributed by atoms with Crippen LogP contribution in [0.15, 0.2) is 83.8 Å². The Balaban J connectivity index is 1.54. The molecule has 4 rings (SSSR count). The van der Waals surface area contributed by atoms with Crippen LogP contribution in [0.4, 0.5) is 11.4 Å². The number of imidazole rings is 1. The van der Waals surface area contributed by atoms with E-state index in [0.717, 1.165) is 22.7 Å². The zero-order valence-electron chi connectivity index (χ0n) is 20.0. The minimum Gasteiger partial charge on any atom is -0.328 e. The van der Waals surface area contributed by atoms with Crippen LogP contribution in [0.5, 0.6) is 0 Å². The van der Waals surface area contributed by atoms with Crippen molar-refractivity contribution in [1.82, 2.24) is 19.3 Å². The van der Waals surface area contributed by atoms with Crippen LogP contribution in [0, 0.1) is 0 Å². The molecule has 182 valence electrons. The van der Waals surface area contributed by atoms with Gasteiger partial charge in [0.15, 0.2) is 0 Å². The molecule has 0 radical (unpaired) electrons. The Hall–Kier alpha value is -3.69. The molecule has 3 aromatic carbocycles. The molecular formula is C26H29N5O3S. The number of rotatable bonds is 9. The Kier molecular flexibility index (Phi) is 7.18. The summed E-state index contributed by atoms with van der Waals surface area (Å²) in [5, 5.41) is 1.77. The molecule has 8 nitrogen and oxygen atoms in total. The first kappa shape index (κ1) is 24.4. The van der Waals surface area contributed by atoms with Crippen molar-refractivity contribution >= 4 is 38.3 Å². The van der Waals surface area contributed by atoms with Gasteiger partial charge >= 0.3 is 0 Å². The molecule has 0 aliphatic heterocycles. The first-order valence-corrected chi connectivity index (χ1v) is 12.9. The number of nitrogens with one attached hydrogen (secondary N) is 1. The van der Waals surface area contributed by atoms with Gasteiger partial charge in [0.2, 0.25) is 15.9 Å². The highest BCUT2D eigenvalue weighted by atomic mass is 32.2. The minimum atomic E-state index is -3.56. The molecule has 1 aromatic heterocycles. The normalized spacial score (nSPS) is 11.7. The summed E-state index contributed by atoms with van der Waals surface area (Å²) in [5.41, 5.74) is 6.15. The van der Waals surface area contributed by atoms with Gasteiger partial charge in [-0.2, -0.15) is 0 Å². The zero-order valence-corrected chi connectivity index (χ0v) is 20.9. The molecule has 0 fully saturated rings. The van der Waals surface area contributed by atoms with Crippen LogP contribution < -0.4 is 10.4 Å². The third-order valence-corrected chi connectivity index (χ3v) is 7.55. The number of hydrogen-bond donors (Lipinski definition) is 1. The van der Waals surface area contributed by atoms with E-state index in [0.29, 0.717) is 18.5 Å². The summed E-state index contributed by atoms with van der Waals surface area (Å²) in [5.74, 6) is 0.589. The summed E-state index contributed by atoms with van der Waals surface area (Å²) >= 11 is 0. The van der Waals surface area contributed by atoms with Crippen LogP contribution in [-0.2, 0) is 27.8 Å². The first-order valence-electron chi connectivity index (χ1n) is 11.4. The molecule has 35 heavy (non-hydrogen) atoms. The lowest BCUT2D eigenvalue weighted by atomic mass is 10.2. The number of para-hydroxylation sites is 2. The molecule has 0 atom stereocenters. The van der Waals surface area contributed by atoms with Crippen LogP contribution >= 0.6 is 0 Å². The first-order chi connectivity index (χ1) is 16.8. The second kappa shape index (κ2) is 10.3. The molecule has 0 aliphatic rings. The van der Waals surface area contributed by atoms with E-state index in [-0.39, 0.29) is 17.2 Å². The molecule has 0 bridgehead atoms. The quantitative estimate of drug-likeness (QED) is 0.356. The molecule has 0 saturated carbocycles. The van der Waals surface area contributed by atoms with Crippen molar-refractivity contribution in [2.24, 2.45) is 0 Å². The maximum Gasteiger partial charge on any atom is 0.242 e. The second-order valence-electron chi connectivity index (χ2n) is 8.25. The lowest BCUT2D eigenvalue weighted by Gasteiger charge is -2.25. The third-order valence-electron chi connectivity index (χ3n) is 5.73. The zero-order chi connectivity index (χ0) is 25.0. The lowest BCUT2D eigenvalue weighted by Crippen LogP contribution is -2.39. The molecule has 1 heterocycles. The fraction of sp³-hybridized carbons (Fsp3) is 0.231. The number of carbonyl (C=O) groups is 1. The van der Waals surface area contributed by atoms with Crippen LogP contribution in [0.1, 0.15) is 19.2 Å². The van der Waals surface area contributed by atoms with Gasteiger partial charge in [-0.25, -0.2) is 17.7 Å². The molecule has 9 heteroatoms. The Morgan fingerprint density at radius 3 is 2.09 bits per heavy atom. The van der Waals surface area contributed by atoms with Crippen molar-refractivity contribution in [2.45, 2.75) is 31.2 Å². The summed E-state index contributed by atoms with van der Waals surface area (Å²) in [7, 11) is -0.551. The van der Waals surface area contributed by atoms with Gasteiger partial charge in [0.05, 0.1) is 27.3 Å². The molecule has 0 unspecified atom stereocenters. The molecule has 1 N–H and O–H groups in total. The Morgan fingerprint density at radius 1 is 0.943 bits per heavy atom. The van der Waals surface area contributed by atoms with E-state index in [1.165, 1.54) is 18.4 Å². The van der Waals surface area contributed by atoms with Gasteiger partial charge in [-0.1, -0.05) is 36.4 Å². The minimum absolute atomic E-state index is 0.150. The summed E-state index contributed by atoms with van der Waals surface area (Å²) in [6, 6.07) is 24.2. The smallest absolute Gasteiger partial charge is 0.242 e. The number of anilines is 2. The maximum atomic E-state index is 13.0. The molecule has 1 amide bonds. The molecule has 0 aliphatic carbocycles. The number of hydrazine groups is 1. The highest BCUT2D eigenvalue weighted by molar-refractivity contribution is 7.89. The number of aryl methyl sites for hydroxylation is 2. The lowest BCUT2D eigenvalue weighted by molar-refractivity contribution is -0.121. The molecule has 0 spiro atoms. The number of nitrogens with zero attached hydrogens (tertiary/aromatic N) is 4. The van der Waals surface area contributed by atoms with E-state index >= 15 is 0 Å². The van der Waals surface area contributed by atoms with Crippen molar-refractivity contribution in [1.29, 1.82) is 0 Å². The average molecular weight is 492 g/mol. The average Bonchev–Trinajstić information content (AvgIpc) is 3.23. The Bertz CT molecular complexity index is 1380. The van der Waals surface area contributed by atoms with Gasteiger partial charge < -0.3 is 4.57 Å². The fourth-order valence-corrected chi connectivity index (χ4v) is 4.83. The van der Waals surface area contributed by atoms with E-state index in [2.05, 4.69) is 10.4 Å². The molecule has 4 aromatic rings. The number of fused-ring (bicyclic) bond motifs is 1. The predicted molar refractivity (Wildman–Crippen MR) is 138 cm³/mol. The van der Waals surface area contributed by atoms with Gasteiger partial charge in [0.1, 0.15) is 5.82 Å². The number of carbonyl (C=O) groups excluding carboxylic acids is 1. The Morgan fingerprint density at radius 2 is 1.54 bits per heavy atom. The highest BCUT2D eigenvalue weighted by Crippen LogP contribution is 2.24. The van der Waals surface area contributed by atoms with E-state index in [4.69, 9.17) is 0 Å². The van der Waals surface area contributed by atoms with Crippen LogP contribution in [0.25, 0.3) is 11.0 Å². The SMILES string of the molecule is CCn1c(CCC(=O)NN(c2ccccc2)c2ccccc2)nc2cc(S(=O)(=O)N(C)C)ccc21. The van der Waals surface area contributed by atoms with Gasteiger partial charge in [-0.15, -0.1) is 0 Å². The second-order valence-corrected chi connectivity index (χ2v) is 10.4. The summed E-state index contributed by atoms with van der Waals surface area (Å²) in [4.78, 5) is 17.8. The van der Waals surface area contributed by atoms with Crippen molar-refractivity contribution < 1.29 is 13.2 Å². The number of hydrogen-bond acceptors (Lipinski definition) is 5. The highest BCUT2D eigenvalue weighted by Gasteiger charge is 2.20. The third kappa shape index (κ3) is 5.21.